The molecule has 1 aliphatic rings. The Morgan fingerprint density at radius 1 is 1.56 bits per heavy atom. The van der Waals surface area contributed by atoms with E-state index in [1.165, 1.54) is 25.4 Å². The first-order valence-corrected chi connectivity index (χ1v) is 3.82. The first-order chi connectivity index (χ1) is 4.33. The van der Waals surface area contributed by atoms with E-state index in [-0.39, 0.29) is 0 Å². The zero-order valence-corrected chi connectivity index (χ0v) is 6.31. The van der Waals surface area contributed by atoms with Gasteiger partial charge in [0.1, 0.15) is 0 Å². The summed E-state index contributed by atoms with van der Waals surface area (Å²) < 4.78 is 5.55. The molecule has 53 valence electrons. The van der Waals surface area contributed by atoms with E-state index >= 15 is 0 Å². The highest BCUT2D eigenvalue weighted by Crippen LogP contribution is 2.25. The first kappa shape index (κ1) is 7.07. The van der Waals surface area contributed by atoms with E-state index in [1.807, 2.05) is 0 Å². The zero-order valence-electron chi connectivity index (χ0n) is 6.31. The van der Waals surface area contributed by atoms with Gasteiger partial charge in [-0.2, -0.15) is 0 Å². The number of hydrogen-bond acceptors (Lipinski definition) is 1. The molecule has 1 nitrogen and oxygen atoms in total. The van der Waals surface area contributed by atoms with Crippen molar-refractivity contribution in [3.8, 4) is 0 Å². The largest absolute Gasteiger partial charge is 0.369 e. The fourth-order valence-corrected chi connectivity index (χ4v) is 0.856. The first-order valence-electron chi connectivity index (χ1n) is 3.82. The zero-order chi connectivity index (χ0) is 6.69. The van der Waals surface area contributed by atoms with Gasteiger partial charge in [0, 0.05) is 0 Å². The second kappa shape index (κ2) is 3.21. The molecule has 0 aromatic heterocycles. The number of rotatable bonds is 3. The van der Waals surface area contributed by atoms with Gasteiger partial charge in [0.2, 0.25) is 0 Å². The minimum Gasteiger partial charge on any atom is -0.369 e. The molecule has 1 saturated carbocycles. The van der Waals surface area contributed by atoms with Crippen LogP contribution in [0.15, 0.2) is 0 Å². The van der Waals surface area contributed by atoms with Crippen LogP contribution in [0.2, 0.25) is 0 Å². The normalized spacial score (nSPS) is 20.3. The van der Waals surface area contributed by atoms with Crippen LogP contribution < -0.4 is 0 Å². The highest BCUT2D eigenvalue weighted by Gasteiger charge is 2.19. The Kier molecular flexibility index (Phi) is 2.52. The molecule has 1 aliphatic carbocycles. The van der Waals surface area contributed by atoms with Gasteiger partial charge in [0.25, 0.3) is 0 Å². The van der Waals surface area contributed by atoms with Gasteiger partial charge >= 0.3 is 0 Å². The molecule has 0 bridgehead atoms. The summed E-state index contributed by atoms with van der Waals surface area (Å²) in [7, 11) is 0. The maximum atomic E-state index is 5.55. The Hall–Kier alpha value is -0.0400. The summed E-state index contributed by atoms with van der Waals surface area (Å²) in [6.07, 6.45) is 6.75. The van der Waals surface area contributed by atoms with Crippen molar-refractivity contribution >= 4 is 0 Å². The number of hydrogen-bond donors (Lipinski definition) is 0. The third kappa shape index (κ3) is 1.98. The number of ether oxygens (including phenoxy) is 1. The summed E-state index contributed by atoms with van der Waals surface area (Å²) >= 11 is 0. The van der Waals surface area contributed by atoms with Crippen LogP contribution in [-0.4, -0.2) is 6.10 Å². The summed E-state index contributed by atoms with van der Waals surface area (Å²) in [5, 5.41) is 0. The van der Waals surface area contributed by atoms with E-state index in [1.54, 1.807) is 0 Å². The second-order valence-electron chi connectivity index (χ2n) is 2.73. The molecule has 1 fully saturated rings. The van der Waals surface area contributed by atoms with Gasteiger partial charge in [0.15, 0.2) is 0 Å². The molecule has 1 heteroatoms. The molecule has 9 heavy (non-hydrogen) atoms. The van der Waals surface area contributed by atoms with Crippen LogP contribution >= 0.6 is 0 Å². The minimum atomic E-state index is 0.574. The lowest BCUT2D eigenvalue weighted by Crippen LogP contribution is -2.22. The van der Waals surface area contributed by atoms with E-state index in [9.17, 15) is 0 Å². The Morgan fingerprint density at radius 2 is 2.22 bits per heavy atom. The Labute approximate surface area is 57.4 Å². The Morgan fingerprint density at radius 3 is 2.56 bits per heavy atom. The van der Waals surface area contributed by atoms with Crippen LogP contribution in [0.3, 0.4) is 0 Å². The van der Waals surface area contributed by atoms with Crippen LogP contribution in [0.5, 0.6) is 0 Å². The summed E-state index contributed by atoms with van der Waals surface area (Å²) in [6, 6.07) is 0. The molecule has 0 unspecified atom stereocenters. The van der Waals surface area contributed by atoms with Crippen LogP contribution in [-0.2, 0) is 4.74 Å². The standard InChI is InChI=1S/C8H15O/c1-3-7(2)9-8-5-4-6-8/h8H,3-6H2,1-2H3. The maximum absolute atomic E-state index is 5.55. The van der Waals surface area contributed by atoms with Crippen molar-refractivity contribution in [3.05, 3.63) is 6.10 Å². The van der Waals surface area contributed by atoms with Crippen molar-refractivity contribution in [1.82, 2.24) is 0 Å². The Balaban J connectivity index is 2.01. The van der Waals surface area contributed by atoms with Crippen molar-refractivity contribution in [2.45, 2.75) is 45.6 Å². The highest BCUT2D eigenvalue weighted by molar-refractivity contribution is 4.76. The van der Waals surface area contributed by atoms with Crippen LogP contribution in [0, 0.1) is 6.10 Å². The fraction of sp³-hybridized carbons (Fsp3) is 0.875. The molecular formula is C8H15O. The quantitative estimate of drug-likeness (QED) is 0.566. The predicted molar refractivity (Wildman–Crippen MR) is 37.9 cm³/mol. The average molecular weight is 127 g/mol. The molecule has 0 aromatic carbocycles. The predicted octanol–water partition coefficient (Wildman–Crippen LogP) is 2.52. The highest BCUT2D eigenvalue weighted by atomic mass is 16.5. The van der Waals surface area contributed by atoms with Gasteiger partial charge in [-0.05, 0) is 32.6 Å². The third-order valence-corrected chi connectivity index (χ3v) is 1.92. The van der Waals surface area contributed by atoms with Crippen molar-refractivity contribution in [1.29, 1.82) is 0 Å². The monoisotopic (exact) mass is 127 g/mol. The van der Waals surface area contributed by atoms with Crippen LogP contribution in [0.25, 0.3) is 0 Å². The molecule has 0 spiro atoms. The van der Waals surface area contributed by atoms with Crippen molar-refractivity contribution in [2.24, 2.45) is 0 Å². The van der Waals surface area contributed by atoms with Crippen LogP contribution in [0.1, 0.15) is 39.5 Å². The van der Waals surface area contributed by atoms with E-state index in [4.69, 9.17) is 4.74 Å². The van der Waals surface area contributed by atoms with Gasteiger partial charge in [-0.1, -0.05) is 6.92 Å². The van der Waals surface area contributed by atoms with Crippen molar-refractivity contribution < 1.29 is 4.74 Å². The van der Waals surface area contributed by atoms with Gasteiger partial charge in [-0.3, -0.25) is 0 Å². The van der Waals surface area contributed by atoms with E-state index in [0.717, 1.165) is 6.42 Å². The van der Waals surface area contributed by atoms with Gasteiger partial charge in [-0.15, -0.1) is 0 Å². The van der Waals surface area contributed by atoms with Crippen molar-refractivity contribution in [2.75, 3.05) is 0 Å². The van der Waals surface area contributed by atoms with E-state index in [0.29, 0.717) is 6.10 Å². The molecule has 0 aliphatic heterocycles. The minimum absolute atomic E-state index is 0.574. The fourth-order valence-electron chi connectivity index (χ4n) is 0.856. The third-order valence-electron chi connectivity index (χ3n) is 1.92. The topological polar surface area (TPSA) is 9.23 Å². The van der Waals surface area contributed by atoms with Crippen LogP contribution in [0.4, 0.5) is 0 Å². The smallest absolute Gasteiger partial charge is 0.0941 e. The molecule has 1 radical (unpaired) electrons. The summed E-state index contributed by atoms with van der Waals surface area (Å²) in [5.41, 5.74) is 0. The molecule has 1 rings (SSSR count). The summed E-state index contributed by atoms with van der Waals surface area (Å²) in [4.78, 5) is 0. The average Bonchev–Trinajstić information content (AvgIpc) is 1.78. The lowest BCUT2D eigenvalue weighted by Gasteiger charge is -2.27. The molecule has 0 N–H and O–H groups in total. The second-order valence-corrected chi connectivity index (χ2v) is 2.73. The van der Waals surface area contributed by atoms with Gasteiger partial charge < -0.3 is 4.74 Å². The lowest BCUT2D eigenvalue weighted by molar-refractivity contribution is 0.0111. The maximum Gasteiger partial charge on any atom is 0.0941 e. The molecule has 0 saturated heterocycles. The lowest BCUT2D eigenvalue weighted by atomic mass is 9.96. The van der Waals surface area contributed by atoms with E-state index < -0.39 is 0 Å². The summed E-state index contributed by atoms with van der Waals surface area (Å²) in [5.74, 6) is 0. The molecule has 0 heterocycles. The summed E-state index contributed by atoms with van der Waals surface area (Å²) in [6.45, 7) is 4.20. The molecular weight excluding hydrogens is 112 g/mol. The Bertz CT molecular complexity index is 73.9. The van der Waals surface area contributed by atoms with Gasteiger partial charge in [0.05, 0.1) is 12.2 Å². The molecule has 0 aromatic rings. The molecule has 0 atom stereocenters. The van der Waals surface area contributed by atoms with E-state index in [2.05, 4.69) is 13.8 Å². The van der Waals surface area contributed by atoms with Gasteiger partial charge in [-0.25, -0.2) is 0 Å². The van der Waals surface area contributed by atoms with Crippen molar-refractivity contribution in [3.63, 3.8) is 0 Å². The SMILES string of the molecule is CC[C](C)OC1CCC1. The molecule has 0 amide bonds.